The van der Waals surface area contributed by atoms with E-state index < -0.39 is 95.9 Å². The van der Waals surface area contributed by atoms with Crippen LogP contribution in [0.4, 0.5) is 4.79 Å². The molecule has 1 aliphatic carbocycles. The first kappa shape index (κ1) is 43.3. The largest absolute Gasteiger partial charge is 0.460 e. The summed E-state index contributed by atoms with van der Waals surface area (Å²) in [6.07, 6.45) is -8.77. The van der Waals surface area contributed by atoms with Gasteiger partial charge in [-0.25, -0.2) is 4.79 Å². The van der Waals surface area contributed by atoms with Crippen LogP contribution in [0.3, 0.4) is 0 Å². The molecule has 3 rings (SSSR count). The predicted octanol–water partition coefficient (Wildman–Crippen LogP) is 0.977. The lowest BCUT2D eigenvalue weighted by Gasteiger charge is -2.49. The number of esters is 1. The van der Waals surface area contributed by atoms with E-state index in [-0.39, 0.29) is 44.4 Å². The van der Waals surface area contributed by atoms with Crippen molar-refractivity contribution in [3.8, 4) is 0 Å². The molecule has 3 aliphatic rings. The normalized spacial score (nSPS) is 36.9. The first-order valence-corrected chi connectivity index (χ1v) is 18.1. The van der Waals surface area contributed by atoms with Crippen LogP contribution < -0.4 is 16.4 Å². The van der Waals surface area contributed by atoms with Crippen molar-refractivity contribution in [1.29, 1.82) is 0 Å². The summed E-state index contributed by atoms with van der Waals surface area (Å²) in [7, 11) is 0. The van der Waals surface area contributed by atoms with Crippen molar-refractivity contribution in [2.45, 2.75) is 179 Å². The summed E-state index contributed by atoms with van der Waals surface area (Å²) in [5.74, 6) is -2.59. The molecular weight excluding hydrogens is 670 g/mol. The van der Waals surface area contributed by atoms with Crippen molar-refractivity contribution < 1.29 is 63.2 Å². The van der Waals surface area contributed by atoms with Crippen molar-refractivity contribution >= 4 is 18.0 Å². The molecule has 0 radical (unpaired) electrons. The van der Waals surface area contributed by atoms with E-state index in [1.165, 1.54) is 6.92 Å². The number of amides is 2. The summed E-state index contributed by atoms with van der Waals surface area (Å²) in [5.41, 5.74) is 2.59. The number of aliphatic hydroxyl groups is 4. The molecule has 0 spiro atoms. The first-order valence-electron chi connectivity index (χ1n) is 18.1. The molecule has 296 valence electrons. The molecule has 2 amide bonds. The van der Waals surface area contributed by atoms with Crippen LogP contribution in [-0.4, -0.2) is 130 Å². The van der Waals surface area contributed by atoms with Crippen molar-refractivity contribution in [2.75, 3.05) is 13.2 Å². The highest BCUT2D eigenvalue weighted by atomic mass is 16.7. The molecule has 51 heavy (non-hydrogen) atoms. The third-order valence-corrected chi connectivity index (χ3v) is 9.29. The quantitative estimate of drug-likeness (QED) is 0.139. The Morgan fingerprint density at radius 1 is 0.941 bits per heavy atom. The summed E-state index contributed by atoms with van der Waals surface area (Å²) in [5, 5.41) is 50.7. The molecule has 8 N–H and O–H groups in total. The molecule has 0 bridgehead atoms. The topological polar surface area (TPSA) is 238 Å². The van der Waals surface area contributed by atoms with Crippen LogP contribution >= 0.6 is 0 Å². The highest BCUT2D eigenvalue weighted by Gasteiger charge is 2.53. The van der Waals surface area contributed by atoms with E-state index >= 15 is 0 Å². The molecule has 16 heteroatoms. The Kier molecular flexibility index (Phi) is 15.1. The van der Waals surface area contributed by atoms with E-state index in [9.17, 15) is 34.8 Å². The van der Waals surface area contributed by atoms with E-state index in [2.05, 4.69) is 10.6 Å². The van der Waals surface area contributed by atoms with Crippen LogP contribution in [0.1, 0.15) is 101 Å². The smallest absolute Gasteiger partial charge is 0.407 e. The lowest BCUT2D eigenvalue weighted by atomic mass is 9.80. The van der Waals surface area contributed by atoms with E-state index in [1.54, 1.807) is 41.5 Å². The first-order chi connectivity index (χ1) is 23.5. The third-order valence-electron chi connectivity index (χ3n) is 9.29. The molecule has 16 nitrogen and oxygen atoms in total. The minimum atomic E-state index is -1.65. The van der Waals surface area contributed by atoms with Crippen LogP contribution in [0.2, 0.25) is 0 Å². The lowest BCUT2D eigenvalue weighted by molar-refractivity contribution is -0.318. The van der Waals surface area contributed by atoms with E-state index in [0.29, 0.717) is 6.42 Å². The number of rotatable bonds is 12. The average Bonchev–Trinajstić information content (AvgIpc) is 2.99. The van der Waals surface area contributed by atoms with Gasteiger partial charge in [-0.05, 0) is 74.1 Å². The lowest BCUT2D eigenvalue weighted by Crippen LogP contribution is -2.68. The Hall–Kier alpha value is -2.15. The fraction of sp³-hybridized carbons (Fsp3) is 0.914. The third kappa shape index (κ3) is 12.5. The van der Waals surface area contributed by atoms with Gasteiger partial charge >= 0.3 is 12.1 Å². The number of alkyl carbamates (subject to hydrolysis) is 1. The van der Waals surface area contributed by atoms with Gasteiger partial charge in [-0.3, -0.25) is 9.59 Å². The van der Waals surface area contributed by atoms with Crippen LogP contribution in [0, 0.1) is 11.8 Å². The number of hydrogen-bond donors (Lipinski definition) is 7. The van der Waals surface area contributed by atoms with Crippen LogP contribution in [0.5, 0.6) is 0 Å². The van der Waals surface area contributed by atoms with E-state index in [1.807, 2.05) is 13.8 Å². The zero-order chi connectivity index (χ0) is 38.5. The summed E-state index contributed by atoms with van der Waals surface area (Å²) >= 11 is 0. The molecule has 2 saturated heterocycles. The molecule has 0 aromatic carbocycles. The number of nitrogens with one attached hydrogen (secondary N) is 2. The Labute approximate surface area is 301 Å². The van der Waals surface area contributed by atoms with Gasteiger partial charge in [-0.2, -0.15) is 0 Å². The van der Waals surface area contributed by atoms with E-state index in [4.69, 9.17) is 34.2 Å². The molecule has 3 fully saturated rings. The molecule has 13 atom stereocenters. The van der Waals surface area contributed by atoms with Gasteiger partial charge in [0.15, 0.2) is 12.6 Å². The summed E-state index contributed by atoms with van der Waals surface area (Å²) < 4.78 is 35.5. The standard InChI is InChI=1S/C35H63N3O13/c1-10-11-23(39)29(43)37-21-15-22(38-32(44)51-34(6,7)8)28(48-30-18(2)12-13-19(16-36)47-30)26(42)27(21)49-31-25(41)20(35(9,45)17-46-31)14-24(40)50-33(3,4)5/h18-23,25-28,30-31,39,41-42,45H,10-17,36H2,1-9H3,(H,37,43)(H,38,44)/t18?,19-,20+,21+,22-,23-,25?,26?,27?,28?,30+,31+,35?/m0/s1. The maximum absolute atomic E-state index is 13.2. The average molecular weight is 734 g/mol. The van der Waals surface area contributed by atoms with Crippen LogP contribution in [-0.2, 0) is 38.0 Å². The van der Waals surface area contributed by atoms with Crippen LogP contribution in [0.25, 0.3) is 0 Å². The molecule has 2 aliphatic heterocycles. The maximum Gasteiger partial charge on any atom is 0.407 e. The maximum atomic E-state index is 13.2. The fourth-order valence-electron chi connectivity index (χ4n) is 6.64. The number of carbonyl (C=O) groups is 3. The molecule has 0 aromatic heterocycles. The minimum absolute atomic E-state index is 0.0699. The Bertz CT molecular complexity index is 1160. The Morgan fingerprint density at radius 3 is 2.10 bits per heavy atom. The number of ether oxygens (including phenoxy) is 6. The molecule has 1 saturated carbocycles. The number of carbonyl (C=O) groups excluding carboxylic acids is 3. The van der Waals surface area contributed by atoms with Gasteiger partial charge in [0.05, 0.1) is 36.8 Å². The van der Waals surface area contributed by atoms with Crippen molar-refractivity contribution in [3.63, 3.8) is 0 Å². The number of hydrogen-bond acceptors (Lipinski definition) is 14. The van der Waals surface area contributed by atoms with Crippen molar-refractivity contribution in [3.05, 3.63) is 0 Å². The molecule has 6 unspecified atom stereocenters. The fourth-order valence-corrected chi connectivity index (χ4v) is 6.64. The minimum Gasteiger partial charge on any atom is -0.460 e. The molecule has 2 heterocycles. The van der Waals surface area contributed by atoms with Gasteiger partial charge in [0.2, 0.25) is 5.91 Å². The Balaban J connectivity index is 1.98. The number of aliphatic hydroxyl groups excluding tert-OH is 3. The zero-order valence-electron chi connectivity index (χ0n) is 31.6. The molecular formula is C35H63N3O13. The van der Waals surface area contributed by atoms with E-state index in [0.717, 1.165) is 12.8 Å². The second-order valence-corrected chi connectivity index (χ2v) is 16.4. The Morgan fingerprint density at radius 2 is 1.53 bits per heavy atom. The zero-order valence-corrected chi connectivity index (χ0v) is 31.6. The van der Waals surface area contributed by atoms with Gasteiger partial charge in [-0.15, -0.1) is 0 Å². The second kappa shape index (κ2) is 17.8. The van der Waals surface area contributed by atoms with Crippen LogP contribution in [0.15, 0.2) is 0 Å². The molecule has 0 aromatic rings. The predicted molar refractivity (Wildman–Crippen MR) is 183 cm³/mol. The van der Waals surface area contributed by atoms with Gasteiger partial charge in [0, 0.05) is 18.4 Å². The van der Waals surface area contributed by atoms with Gasteiger partial charge in [0.25, 0.3) is 0 Å². The van der Waals surface area contributed by atoms with Crippen molar-refractivity contribution in [1.82, 2.24) is 10.6 Å². The monoisotopic (exact) mass is 733 g/mol. The highest BCUT2D eigenvalue weighted by Crippen LogP contribution is 2.37. The SMILES string of the molecule is CCC[C@H](O)C(=O)N[C@@H]1C[C@H](NC(=O)OC(C)(C)C)C(O[C@H]2O[C@H](CN)CCC2C)C(O)C1O[C@H]1OCC(C)(O)[C@H](CC(=O)OC(C)(C)C)C1O. The summed E-state index contributed by atoms with van der Waals surface area (Å²) in [6.45, 7) is 15.3. The summed E-state index contributed by atoms with van der Waals surface area (Å²) in [4.78, 5) is 39.0. The van der Waals surface area contributed by atoms with Gasteiger partial charge in [-0.1, -0.05) is 20.3 Å². The highest BCUT2D eigenvalue weighted by molar-refractivity contribution is 5.80. The van der Waals surface area contributed by atoms with Crippen molar-refractivity contribution in [2.24, 2.45) is 17.6 Å². The van der Waals surface area contributed by atoms with Gasteiger partial charge in [0.1, 0.15) is 41.7 Å². The number of nitrogens with two attached hydrogens (primary N) is 1. The summed E-state index contributed by atoms with van der Waals surface area (Å²) in [6, 6.07) is -2.03. The van der Waals surface area contributed by atoms with Gasteiger partial charge < -0.3 is 65.2 Å². The second-order valence-electron chi connectivity index (χ2n) is 16.4.